The minimum Gasteiger partial charge on any atom is -0.461 e. The zero-order chi connectivity index (χ0) is 21.5. The fourth-order valence-corrected chi connectivity index (χ4v) is 4.05. The molecule has 1 N–H and O–H groups in total. The summed E-state index contributed by atoms with van der Waals surface area (Å²) >= 11 is 0. The highest BCUT2D eigenvalue weighted by Crippen LogP contribution is 2.30. The number of likely N-dealkylation sites (tertiary alicyclic amines) is 1. The number of benzene rings is 2. The van der Waals surface area contributed by atoms with Gasteiger partial charge in [0, 0.05) is 25.2 Å². The smallest absolute Gasteiger partial charge is 0.356 e. The van der Waals surface area contributed by atoms with Crippen LogP contribution in [0, 0.1) is 0 Å². The second kappa shape index (κ2) is 10.4. The molecule has 0 unspecified atom stereocenters. The average Bonchev–Trinajstić information content (AvgIpc) is 3.28. The number of nitrogens with one attached hydrogen (secondary N) is 1. The third kappa shape index (κ3) is 5.40. The van der Waals surface area contributed by atoms with E-state index in [2.05, 4.69) is 63.6 Å². The summed E-state index contributed by atoms with van der Waals surface area (Å²) in [6.45, 7) is 4.65. The molecule has 4 rings (SSSR count). The molecule has 2 heterocycles. The molecule has 162 valence electrons. The van der Waals surface area contributed by atoms with Crippen molar-refractivity contribution >= 4 is 5.97 Å². The lowest BCUT2D eigenvalue weighted by Gasteiger charge is -2.34. The minimum atomic E-state index is -0.346. The maximum absolute atomic E-state index is 12.1. The molecule has 1 fully saturated rings. The van der Waals surface area contributed by atoms with Crippen molar-refractivity contribution in [2.24, 2.45) is 0 Å². The number of H-pyrrole nitrogens is 1. The molecular formula is C25H29N3O3. The van der Waals surface area contributed by atoms with Crippen molar-refractivity contribution in [3.05, 3.63) is 89.2 Å². The first-order valence-electron chi connectivity index (χ1n) is 10.9. The van der Waals surface area contributed by atoms with Crippen LogP contribution in [0.5, 0.6) is 0 Å². The molecule has 31 heavy (non-hydrogen) atoms. The standard InChI is InChI=1S/C25H29N3O3/c1-2-30-25(29)23-21(17-26-27-23)18-28-15-13-22(14-16-28)31-24(19-9-5-3-6-10-19)20-11-7-4-8-12-20/h3-12,17,22,24H,2,13-16,18H2,1H3,(H,26,27). The summed E-state index contributed by atoms with van der Waals surface area (Å²) in [6, 6.07) is 20.8. The monoisotopic (exact) mass is 419 g/mol. The van der Waals surface area contributed by atoms with Gasteiger partial charge in [0.25, 0.3) is 0 Å². The van der Waals surface area contributed by atoms with Gasteiger partial charge >= 0.3 is 5.97 Å². The first kappa shape index (κ1) is 21.3. The SMILES string of the molecule is CCOC(=O)c1[nH]ncc1CN1CCC(OC(c2ccccc2)c2ccccc2)CC1. The van der Waals surface area contributed by atoms with E-state index in [0.29, 0.717) is 18.8 Å². The molecule has 1 aromatic heterocycles. The van der Waals surface area contributed by atoms with Gasteiger partial charge in [0.1, 0.15) is 11.8 Å². The number of hydrogen-bond acceptors (Lipinski definition) is 5. The van der Waals surface area contributed by atoms with Crippen LogP contribution >= 0.6 is 0 Å². The van der Waals surface area contributed by atoms with Crippen molar-refractivity contribution in [2.75, 3.05) is 19.7 Å². The Morgan fingerprint density at radius 1 is 1.06 bits per heavy atom. The summed E-state index contributed by atoms with van der Waals surface area (Å²) < 4.78 is 11.7. The molecule has 0 atom stereocenters. The van der Waals surface area contributed by atoms with Gasteiger partial charge < -0.3 is 9.47 Å². The molecule has 1 saturated heterocycles. The van der Waals surface area contributed by atoms with Gasteiger partial charge in [-0.25, -0.2) is 4.79 Å². The van der Waals surface area contributed by atoms with E-state index in [1.807, 2.05) is 12.1 Å². The van der Waals surface area contributed by atoms with Crippen LogP contribution in [0.25, 0.3) is 0 Å². The minimum absolute atomic E-state index is 0.0664. The van der Waals surface area contributed by atoms with Gasteiger partial charge in [0.2, 0.25) is 0 Å². The summed E-state index contributed by atoms with van der Waals surface area (Å²) in [4.78, 5) is 14.4. The quantitative estimate of drug-likeness (QED) is 0.550. The Balaban J connectivity index is 1.37. The Bertz CT molecular complexity index is 911. The van der Waals surface area contributed by atoms with Gasteiger partial charge in [-0.1, -0.05) is 60.7 Å². The van der Waals surface area contributed by atoms with E-state index in [-0.39, 0.29) is 18.2 Å². The Hall–Kier alpha value is -2.96. The van der Waals surface area contributed by atoms with Gasteiger partial charge in [-0.05, 0) is 30.9 Å². The third-order valence-electron chi connectivity index (χ3n) is 5.66. The van der Waals surface area contributed by atoms with E-state index < -0.39 is 0 Å². The highest BCUT2D eigenvalue weighted by molar-refractivity contribution is 5.88. The van der Waals surface area contributed by atoms with Crippen molar-refractivity contribution in [1.82, 2.24) is 15.1 Å². The van der Waals surface area contributed by atoms with Crippen LogP contribution < -0.4 is 0 Å². The summed E-state index contributed by atoms with van der Waals surface area (Å²) in [5.74, 6) is -0.346. The van der Waals surface area contributed by atoms with Crippen LogP contribution in [0.15, 0.2) is 66.9 Å². The Morgan fingerprint density at radius 2 is 1.68 bits per heavy atom. The average molecular weight is 420 g/mol. The van der Waals surface area contributed by atoms with E-state index in [0.717, 1.165) is 31.5 Å². The Labute approximate surface area is 183 Å². The van der Waals surface area contributed by atoms with Crippen LogP contribution in [-0.2, 0) is 16.0 Å². The number of rotatable bonds is 8. The summed E-state index contributed by atoms with van der Waals surface area (Å²) in [6.07, 6.45) is 3.74. The van der Waals surface area contributed by atoms with Gasteiger partial charge in [0.15, 0.2) is 0 Å². The van der Waals surface area contributed by atoms with Gasteiger partial charge in [-0.3, -0.25) is 10.00 Å². The Morgan fingerprint density at radius 3 is 2.26 bits per heavy atom. The number of carbonyl (C=O) groups excluding carboxylic acids is 1. The number of esters is 1. The Kier molecular flexibility index (Phi) is 7.12. The van der Waals surface area contributed by atoms with Crippen molar-refractivity contribution in [1.29, 1.82) is 0 Å². The number of carbonyl (C=O) groups is 1. The summed E-state index contributed by atoms with van der Waals surface area (Å²) in [5.41, 5.74) is 3.68. The van der Waals surface area contributed by atoms with Crippen LogP contribution in [0.4, 0.5) is 0 Å². The van der Waals surface area contributed by atoms with E-state index in [1.54, 1.807) is 13.1 Å². The van der Waals surface area contributed by atoms with Crippen molar-refractivity contribution in [3.63, 3.8) is 0 Å². The lowest BCUT2D eigenvalue weighted by molar-refractivity contribution is -0.0282. The number of aromatic amines is 1. The second-order valence-electron chi connectivity index (χ2n) is 7.80. The molecule has 0 saturated carbocycles. The maximum atomic E-state index is 12.1. The molecule has 6 nitrogen and oxygen atoms in total. The molecular weight excluding hydrogens is 390 g/mol. The van der Waals surface area contributed by atoms with Gasteiger partial charge in [-0.15, -0.1) is 0 Å². The highest BCUT2D eigenvalue weighted by atomic mass is 16.5. The topological polar surface area (TPSA) is 67.5 Å². The van der Waals surface area contributed by atoms with E-state index >= 15 is 0 Å². The maximum Gasteiger partial charge on any atom is 0.356 e. The fraction of sp³-hybridized carbons (Fsp3) is 0.360. The zero-order valence-electron chi connectivity index (χ0n) is 17.9. The third-order valence-corrected chi connectivity index (χ3v) is 5.66. The van der Waals surface area contributed by atoms with Gasteiger partial charge in [0.05, 0.1) is 18.9 Å². The number of ether oxygens (including phenoxy) is 2. The molecule has 0 radical (unpaired) electrons. The van der Waals surface area contributed by atoms with Crippen LogP contribution in [0.3, 0.4) is 0 Å². The van der Waals surface area contributed by atoms with E-state index in [1.165, 1.54) is 11.1 Å². The van der Waals surface area contributed by atoms with E-state index in [9.17, 15) is 4.79 Å². The second-order valence-corrected chi connectivity index (χ2v) is 7.80. The highest BCUT2D eigenvalue weighted by Gasteiger charge is 2.26. The number of hydrogen-bond donors (Lipinski definition) is 1. The molecule has 0 aliphatic carbocycles. The van der Waals surface area contributed by atoms with Crippen molar-refractivity contribution in [2.45, 2.75) is 38.5 Å². The number of aromatic nitrogens is 2. The molecule has 2 aromatic carbocycles. The number of nitrogens with zero attached hydrogens (tertiary/aromatic N) is 2. The largest absolute Gasteiger partial charge is 0.461 e. The molecule has 0 amide bonds. The van der Waals surface area contributed by atoms with E-state index in [4.69, 9.17) is 9.47 Å². The molecule has 6 heteroatoms. The molecule has 1 aliphatic rings. The van der Waals surface area contributed by atoms with Crippen molar-refractivity contribution in [3.8, 4) is 0 Å². The normalized spacial score (nSPS) is 15.3. The summed E-state index contributed by atoms with van der Waals surface area (Å²) in [7, 11) is 0. The summed E-state index contributed by atoms with van der Waals surface area (Å²) in [5, 5.41) is 6.81. The van der Waals surface area contributed by atoms with Crippen LogP contribution in [-0.4, -0.2) is 46.9 Å². The molecule has 3 aromatic rings. The molecule has 0 bridgehead atoms. The molecule has 1 aliphatic heterocycles. The lowest BCUT2D eigenvalue weighted by Crippen LogP contribution is -2.37. The zero-order valence-corrected chi connectivity index (χ0v) is 17.9. The first-order valence-corrected chi connectivity index (χ1v) is 10.9. The van der Waals surface area contributed by atoms with Crippen molar-refractivity contribution < 1.29 is 14.3 Å². The van der Waals surface area contributed by atoms with Gasteiger partial charge in [-0.2, -0.15) is 5.10 Å². The predicted molar refractivity (Wildman–Crippen MR) is 119 cm³/mol. The lowest BCUT2D eigenvalue weighted by atomic mass is 10.00. The first-order chi connectivity index (χ1) is 15.2. The predicted octanol–water partition coefficient (Wildman–Crippen LogP) is 4.36. The fourth-order valence-electron chi connectivity index (χ4n) is 4.05. The van der Waals surface area contributed by atoms with Crippen LogP contribution in [0.1, 0.15) is 53.0 Å². The van der Waals surface area contributed by atoms with Crippen LogP contribution in [0.2, 0.25) is 0 Å². The molecule has 0 spiro atoms. The number of piperidine rings is 1.